The van der Waals surface area contributed by atoms with Gasteiger partial charge in [-0.15, -0.1) is 0 Å². The van der Waals surface area contributed by atoms with Gasteiger partial charge in [0.2, 0.25) is 5.91 Å². The van der Waals surface area contributed by atoms with E-state index in [0.29, 0.717) is 5.92 Å². The minimum Gasteiger partial charge on any atom is -0.348 e. The van der Waals surface area contributed by atoms with Crippen molar-refractivity contribution in [3.05, 3.63) is 18.2 Å². The molecule has 1 amide bonds. The molecule has 0 saturated carbocycles. The molecule has 1 aromatic rings. The first-order valence-electron chi connectivity index (χ1n) is 5.47. The third-order valence-corrected chi connectivity index (χ3v) is 3.14. The summed E-state index contributed by atoms with van der Waals surface area (Å²) in [5, 5.41) is 0. The Labute approximate surface area is 89.7 Å². The van der Waals surface area contributed by atoms with E-state index in [0.717, 1.165) is 25.1 Å². The maximum atomic E-state index is 12.0. The zero-order chi connectivity index (χ0) is 10.8. The van der Waals surface area contributed by atoms with E-state index in [-0.39, 0.29) is 11.8 Å². The number of H-pyrrole nitrogens is 1. The van der Waals surface area contributed by atoms with Crippen LogP contribution in [0.2, 0.25) is 0 Å². The van der Waals surface area contributed by atoms with Crippen LogP contribution in [0, 0.1) is 5.92 Å². The van der Waals surface area contributed by atoms with Crippen LogP contribution in [0.4, 0.5) is 0 Å². The summed E-state index contributed by atoms with van der Waals surface area (Å²) in [5.41, 5.74) is 0.961. The number of rotatable bonds is 3. The third kappa shape index (κ3) is 1.76. The van der Waals surface area contributed by atoms with Crippen LogP contribution >= 0.6 is 0 Å². The van der Waals surface area contributed by atoms with Gasteiger partial charge in [0.1, 0.15) is 0 Å². The van der Waals surface area contributed by atoms with Gasteiger partial charge in [0, 0.05) is 25.5 Å². The predicted molar refractivity (Wildman–Crippen MR) is 57.4 cm³/mol. The Bertz CT molecular complexity index is 334. The van der Waals surface area contributed by atoms with Crippen molar-refractivity contribution in [1.29, 1.82) is 0 Å². The van der Waals surface area contributed by atoms with E-state index in [1.807, 2.05) is 11.9 Å². The summed E-state index contributed by atoms with van der Waals surface area (Å²) in [6.45, 7) is 3.03. The van der Waals surface area contributed by atoms with E-state index in [9.17, 15) is 4.79 Å². The van der Waals surface area contributed by atoms with E-state index in [1.54, 1.807) is 12.5 Å². The lowest BCUT2D eigenvalue weighted by Gasteiger charge is -2.13. The molecule has 2 atom stereocenters. The lowest BCUT2D eigenvalue weighted by atomic mass is 9.89. The van der Waals surface area contributed by atoms with Gasteiger partial charge in [-0.3, -0.25) is 4.79 Å². The quantitative estimate of drug-likeness (QED) is 0.814. The number of imidazole rings is 1. The van der Waals surface area contributed by atoms with Gasteiger partial charge in [0.05, 0.1) is 12.2 Å². The zero-order valence-electron chi connectivity index (χ0n) is 9.23. The fourth-order valence-electron chi connectivity index (χ4n) is 2.44. The van der Waals surface area contributed by atoms with Crippen molar-refractivity contribution in [3.63, 3.8) is 0 Å². The van der Waals surface area contributed by atoms with E-state index in [2.05, 4.69) is 16.9 Å². The standard InChI is InChI=1S/C11H17N3O/c1-3-4-8-6-14(2)11(15)10(8)9-5-12-7-13-9/h5,7-8,10H,3-4,6H2,1-2H3,(H,12,13). The number of hydrogen-bond donors (Lipinski definition) is 1. The van der Waals surface area contributed by atoms with Crippen molar-refractivity contribution in [1.82, 2.24) is 14.9 Å². The van der Waals surface area contributed by atoms with E-state index in [4.69, 9.17) is 0 Å². The molecule has 2 unspecified atom stereocenters. The average molecular weight is 207 g/mol. The Kier molecular flexibility index (Phi) is 2.75. The molecule has 1 fully saturated rings. The Morgan fingerprint density at radius 2 is 2.47 bits per heavy atom. The molecule has 1 aliphatic rings. The maximum absolute atomic E-state index is 12.0. The molecule has 0 aromatic carbocycles. The maximum Gasteiger partial charge on any atom is 0.231 e. The summed E-state index contributed by atoms with van der Waals surface area (Å²) < 4.78 is 0. The number of aromatic amines is 1. The normalized spacial score (nSPS) is 26.3. The van der Waals surface area contributed by atoms with Crippen molar-refractivity contribution in [2.24, 2.45) is 5.92 Å². The molecule has 0 aliphatic carbocycles. The second kappa shape index (κ2) is 4.04. The van der Waals surface area contributed by atoms with Gasteiger partial charge in [-0.2, -0.15) is 0 Å². The van der Waals surface area contributed by atoms with Crippen molar-refractivity contribution < 1.29 is 4.79 Å². The largest absolute Gasteiger partial charge is 0.348 e. The molecule has 15 heavy (non-hydrogen) atoms. The highest BCUT2D eigenvalue weighted by molar-refractivity contribution is 5.85. The summed E-state index contributed by atoms with van der Waals surface area (Å²) in [6.07, 6.45) is 5.63. The second-order valence-corrected chi connectivity index (χ2v) is 4.25. The number of amides is 1. The number of nitrogens with zero attached hydrogens (tertiary/aromatic N) is 2. The highest BCUT2D eigenvalue weighted by atomic mass is 16.2. The number of carbonyl (C=O) groups excluding carboxylic acids is 1. The molecule has 82 valence electrons. The molecular weight excluding hydrogens is 190 g/mol. The number of aromatic nitrogens is 2. The Balaban J connectivity index is 2.22. The number of likely N-dealkylation sites (tertiary alicyclic amines) is 1. The molecular formula is C11H17N3O. The average Bonchev–Trinajstić information content (AvgIpc) is 2.78. The number of likely N-dealkylation sites (N-methyl/N-ethyl adjacent to an activating group) is 1. The van der Waals surface area contributed by atoms with Crippen LogP contribution in [0.3, 0.4) is 0 Å². The monoisotopic (exact) mass is 207 g/mol. The lowest BCUT2D eigenvalue weighted by molar-refractivity contribution is -0.128. The summed E-state index contributed by atoms with van der Waals surface area (Å²) in [5.74, 6) is 0.656. The molecule has 0 bridgehead atoms. The van der Waals surface area contributed by atoms with Crippen LogP contribution in [0.15, 0.2) is 12.5 Å². The lowest BCUT2D eigenvalue weighted by Crippen LogP contribution is -2.21. The van der Waals surface area contributed by atoms with Gasteiger partial charge >= 0.3 is 0 Å². The topological polar surface area (TPSA) is 49.0 Å². The van der Waals surface area contributed by atoms with Crippen molar-refractivity contribution in [2.45, 2.75) is 25.7 Å². The molecule has 1 N–H and O–H groups in total. The highest BCUT2D eigenvalue weighted by Gasteiger charge is 2.39. The van der Waals surface area contributed by atoms with E-state index < -0.39 is 0 Å². The molecule has 2 rings (SSSR count). The van der Waals surface area contributed by atoms with Gasteiger partial charge in [0.15, 0.2) is 0 Å². The molecule has 0 spiro atoms. The molecule has 1 aromatic heterocycles. The van der Waals surface area contributed by atoms with Gasteiger partial charge in [-0.25, -0.2) is 4.98 Å². The SMILES string of the molecule is CCCC1CN(C)C(=O)C1c1cnc[nH]1. The predicted octanol–water partition coefficient (Wildman–Crippen LogP) is 1.38. The fourth-order valence-corrected chi connectivity index (χ4v) is 2.44. The van der Waals surface area contributed by atoms with Crippen LogP contribution in [-0.2, 0) is 4.79 Å². The van der Waals surface area contributed by atoms with Gasteiger partial charge in [-0.05, 0) is 12.3 Å². The third-order valence-electron chi connectivity index (χ3n) is 3.14. The minimum absolute atomic E-state index is 0.00236. The minimum atomic E-state index is -0.00236. The summed E-state index contributed by atoms with van der Waals surface area (Å²) in [7, 11) is 1.88. The number of carbonyl (C=O) groups is 1. The van der Waals surface area contributed by atoms with Crippen LogP contribution in [0.25, 0.3) is 0 Å². The summed E-state index contributed by atoms with van der Waals surface area (Å²) >= 11 is 0. The highest BCUT2D eigenvalue weighted by Crippen LogP contribution is 2.34. The second-order valence-electron chi connectivity index (χ2n) is 4.25. The van der Waals surface area contributed by atoms with Gasteiger partial charge in [-0.1, -0.05) is 13.3 Å². The summed E-state index contributed by atoms with van der Waals surface area (Å²) in [4.78, 5) is 20.8. The van der Waals surface area contributed by atoms with Crippen LogP contribution in [-0.4, -0.2) is 34.4 Å². The molecule has 0 radical (unpaired) electrons. The molecule has 2 heterocycles. The van der Waals surface area contributed by atoms with E-state index >= 15 is 0 Å². The Morgan fingerprint density at radius 1 is 1.67 bits per heavy atom. The number of hydrogen-bond acceptors (Lipinski definition) is 2. The first kappa shape index (κ1) is 10.2. The van der Waals surface area contributed by atoms with Gasteiger partial charge < -0.3 is 9.88 Å². The van der Waals surface area contributed by atoms with Crippen LogP contribution in [0.5, 0.6) is 0 Å². The Morgan fingerprint density at radius 3 is 3.07 bits per heavy atom. The molecule has 4 nitrogen and oxygen atoms in total. The summed E-state index contributed by atoms with van der Waals surface area (Å²) in [6, 6.07) is 0. The molecule has 1 saturated heterocycles. The molecule has 1 aliphatic heterocycles. The van der Waals surface area contributed by atoms with Gasteiger partial charge in [0.25, 0.3) is 0 Å². The number of nitrogens with one attached hydrogen (secondary N) is 1. The van der Waals surface area contributed by atoms with Crippen LogP contribution in [0.1, 0.15) is 31.4 Å². The Hall–Kier alpha value is -1.32. The molecule has 4 heteroatoms. The van der Waals surface area contributed by atoms with Crippen molar-refractivity contribution in [2.75, 3.05) is 13.6 Å². The fraction of sp³-hybridized carbons (Fsp3) is 0.636. The zero-order valence-corrected chi connectivity index (χ0v) is 9.23. The first-order chi connectivity index (χ1) is 7.24. The smallest absolute Gasteiger partial charge is 0.231 e. The van der Waals surface area contributed by atoms with E-state index in [1.165, 1.54) is 0 Å². The van der Waals surface area contributed by atoms with Crippen molar-refractivity contribution >= 4 is 5.91 Å². The first-order valence-corrected chi connectivity index (χ1v) is 5.47. The van der Waals surface area contributed by atoms with Crippen molar-refractivity contribution in [3.8, 4) is 0 Å². The van der Waals surface area contributed by atoms with Crippen LogP contribution < -0.4 is 0 Å².